The molecule has 0 aliphatic carbocycles. The van der Waals surface area contributed by atoms with Gasteiger partial charge in [-0.1, -0.05) is 24.2 Å². The SMILES string of the molecule is C=CC(=O)Nc1cc2c(Nc3ccc(F)c(Cl)c3)ncnc2cc1OCCCN1CCC(N2CCN(C(=O)CNc3cccc4c3C(=O)N(C3CCC(=O)NC3=O)C4=O)CC2)CC1. The molecule has 63 heavy (non-hydrogen) atoms. The van der Waals surface area contributed by atoms with Gasteiger partial charge in [0.2, 0.25) is 23.6 Å². The fourth-order valence-corrected chi connectivity index (χ4v) is 8.74. The first-order chi connectivity index (χ1) is 30.5. The average molecular weight is 881 g/mol. The number of carbonyl (C=O) groups is 6. The monoisotopic (exact) mass is 880 g/mol. The van der Waals surface area contributed by atoms with Gasteiger partial charge >= 0.3 is 0 Å². The van der Waals surface area contributed by atoms with Crippen LogP contribution in [0, 0.1) is 5.82 Å². The summed E-state index contributed by atoms with van der Waals surface area (Å²) in [6.45, 7) is 9.24. The third-order valence-corrected chi connectivity index (χ3v) is 12.2. The van der Waals surface area contributed by atoms with E-state index >= 15 is 0 Å². The molecule has 328 valence electrons. The van der Waals surface area contributed by atoms with E-state index in [1.807, 2.05) is 0 Å². The second kappa shape index (κ2) is 18.9. The lowest BCUT2D eigenvalue weighted by Crippen LogP contribution is -2.55. The van der Waals surface area contributed by atoms with Crippen molar-refractivity contribution in [3.8, 4) is 5.75 Å². The third-order valence-electron chi connectivity index (χ3n) is 11.9. The van der Waals surface area contributed by atoms with Crippen molar-refractivity contribution in [3.05, 3.63) is 89.5 Å². The molecular formula is C44H46ClFN10O7. The van der Waals surface area contributed by atoms with Crippen molar-refractivity contribution in [1.82, 2.24) is 34.9 Å². The number of ether oxygens (including phenoxy) is 1. The molecule has 4 aliphatic heterocycles. The van der Waals surface area contributed by atoms with E-state index in [4.69, 9.17) is 16.3 Å². The van der Waals surface area contributed by atoms with Crippen LogP contribution in [0.5, 0.6) is 5.75 Å². The second-order valence-electron chi connectivity index (χ2n) is 15.8. The van der Waals surface area contributed by atoms with Gasteiger partial charge in [-0.15, -0.1) is 0 Å². The predicted molar refractivity (Wildman–Crippen MR) is 232 cm³/mol. The van der Waals surface area contributed by atoms with Gasteiger partial charge in [0.15, 0.2) is 0 Å². The molecule has 0 saturated carbocycles. The highest BCUT2D eigenvalue weighted by Gasteiger charge is 2.45. The molecule has 0 radical (unpaired) electrons. The van der Waals surface area contributed by atoms with Crippen LogP contribution in [-0.2, 0) is 19.2 Å². The van der Waals surface area contributed by atoms with Crippen LogP contribution in [0.25, 0.3) is 10.9 Å². The number of nitrogens with one attached hydrogen (secondary N) is 4. The van der Waals surface area contributed by atoms with Crippen LogP contribution in [-0.4, -0.2) is 136 Å². The number of aromatic nitrogens is 2. The molecule has 3 saturated heterocycles. The summed E-state index contributed by atoms with van der Waals surface area (Å²) in [5, 5.41) is 11.8. The lowest BCUT2D eigenvalue weighted by molar-refractivity contribution is -0.136. The summed E-state index contributed by atoms with van der Waals surface area (Å²) in [5.41, 5.74) is 2.14. The van der Waals surface area contributed by atoms with Gasteiger partial charge < -0.3 is 30.5 Å². The Kier molecular flexibility index (Phi) is 12.9. The van der Waals surface area contributed by atoms with E-state index < -0.39 is 41.4 Å². The number of hydrogen-bond donors (Lipinski definition) is 4. The molecule has 1 unspecified atom stereocenters. The van der Waals surface area contributed by atoms with Crippen molar-refractivity contribution >= 4 is 80.8 Å². The van der Waals surface area contributed by atoms with Crippen LogP contribution in [0.15, 0.2) is 67.5 Å². The van der Waals surface area contributed by atoms with Crippen LogP contribution >= 0.6 is 11.6 Å². The van der Waals surface area contributed by atoms with Gasteiger partial charge in [0.1, 0.15) is 29.8 Å². The lowest BCUT2D eigenvalue weighted by atomic mass is 10.0. The number of piperazine rings is 1. The normalized spacial score (nSPS) is 18.6. The van der Waals surface area contributed by atoms with Gasteiger partial charge in [-0.3, -0.25) is 43.9 Å². The zero-order valence-electron chi connectivity index (χ0n) is 34.3. The number of piperidine rings is 2. The third kappa shape index (κ3) is 9.47. The molecule has 1 aromatic heterocycles. The van der Waals surface area contributed by atoms with Gasteiger partial charge in [-0.25, -0.2) is 14.4 Å². The van der Waals surface area contributed by atoms with Crippen LogP contribution < -0.4 is 26.0 Å². The molecule has 4 N–H and O–H groups in total. The van der Waals surface area contributed by atoms with Crippen LogP contribution in [0.2, 0.25) is 5.02 Å². The van der Waals surface area contributed by atoms with Crippen molar-refractivity contribution in [2.45, 2.75) is 44.2 Å². The topological polar surface area (TPSA) is 199 Å². The Balaban J connectivity index is 0.782. The van der Waals surface area contributed by atoms with Gasteiger partial charge in [-0.2, -0.15) is 0 Å². The fourth-order valence-electron chi connectivity index (χ4n) is 8.55. The van der Waals surface area contributed by atoms with E-state index in [0.29, 0.717) is 65.3 Å². The number of rotatable bonds is 14. The van der Waals surface area contributed by atoms with Gasteiger partial charge in [0.05, 0.1) is 40.5 Å². The standard InChI is InChI=1S/C44H46ClFN10O7/c1-2-37(57)51-34-22-29-33(48-25-49-41(29)50-26-7-8-31(46)30(45)21-26)23-36(34)63-20-4-13-53-14-11-27(12-15-53)54-16-18-55(19-17-54)39(59)24-47-32-6-3-5-28-40(32)44(62)56(43(28)61)35-9-10-38(58)52-42(35)60/h2-3,5-8,21-23,25,27,35,47H,1,4,9-20,24H2,(H,51,57)(H,48,49,50)(H,52,58,60). The number of carbonyl (C=O) groups excluding carboxylic acids is 6. The Morgan fingerprint density at radius 2 is 1.75 bits per heavy atom. The summed E-state index contributed by atoms with van der Waals surface area (Å²) in [7, 11) is 0. The zero-order chi connectivity index (χ0) is 44.2. The molecule has 6 amide bonds. The molecule has 4 aliphatic rings. The Bertz CT molecular complexity index is 2490. The molecular weight excluding hydrogens is 835 g/mol. The Hall–Kier alpha value is -6.50. The minimum absolute atomic E-state index is 0.0294. The maximum Gasteiger partial charge on any atom is 0.264 e. The van der Waals surface area contributed by atoms with Crippen molar-refractivity contribution in [3.63, 3.8) is 0 Å². The Morgan fingerprint density at radius 3 is 2.49 bits per heavy atom. The average Bonchev–Trinajstić information content (AvgIpc) is 3.54. The van der Waals surface area contributed by atoms with E-state index in [9.17, 15) is 33.2 Å². The summed E-state index contributed by atoms with van der Waals surface area (Å²) < 4.78 is 20.0. The molecule has 19 heteroatoms. The summed E-state index contributed by atoms with van der Waals surface area (Å²) in [5.74, 6) is -2.53. The quantitative estimate of drug-likeness (QED) is 0.0801. The smallest absolute Gasteiger partial charge is 0.264 e. The molecule has 3 fully saturated rings. The van der Waals surface area contributed by atoms with Gasteiger partial charge in [0, 0.05) is 68.0 Å². The maximum absolute atomic E-state index is 13.7. The molecule has 0 bridgehead atoms. The molecule has 8 rings (SSSR count). The number of imide groups is 2. The number of halogens is 2. The Morgan fingerprint density at radius 1 is 0.952 bits per heavy atom. The van der Waals surface area contributed by atoms with Crippen molar-refractivity contribution < 1.29 is 37.9 Å². The number of amides is 6. The maximum atomic E-state index is 13.7. The fraction of sp³-hybridized carbons (Fsp3) is 0.364. The first kappa shape index (κ1) is 43.2. The zero-order valence-corrected chi connectivity index (χ0v) is 35.1. The number of anilines is 4. The van der Waals surface area contributed by atoms with E-state index in [0.717, 1.165) is 56.9 Å². The Labute approximate surface area is 367 Å². The molecule has 4 aromatic rings. The van der Waals surface area contributed by atoms with Crippen molar-refractivity contribution in [1.29, 1.82) is 0 Å². The van der Waals surface area contributed by atoms with Crippen LogP contribution in [0.3, 0.4) is 0 Å². The summed E-state index contributed by atoms with van der Waals surface area (Å²) >= 11 is 5.98. The summed E-state index contributed by atoms with van der Waals surface area (Å²) in [6.07, 6.45) is 5.42. The first-order valence-corrected chi connectivity index (χ1v) is 21.2. The highest BCUT2D eigenvalue weighted by Crippen LogP contribution is 2.35. The summed E-state index contributed by atoms with van der Waals surface area (Å²) in [6, 6.07) is 11.8. The molecule has 17 nitrogen and oxygen atoms in total. The molecule has 0 spiro atoms. The van der Waals surface area contributed by atoms with E-state index in [1.54, 1.807) is 35.2 Å². The van der Waals surface area contributed by atoms with Crippen molar-refractivity contribution in [2.24, 2.45) is 0 Å². The number of fused-ring (bicyclic) bond motifs is 2. The van der Waals surface area contributed by atoms with E-state index in [2.05, 4.69) is 47.6 Å². The molecule has 5 heterocycles. The largest absolute Gasteiger partial charge is 0.491 e. The minimum atomic E-state index is -1.07. The van der Waals surface area contributed by atoms with Crippen molar-refractivity contribution in [2.75, 3.05) is 74.9 Å². The highest BCUT2D eigenvalue weighted by molar-refractivity contribution is 6.31. The number of likely N-dealkylation sites (tertiary alicyclic amines) is 1. The van der Waals surface area contributed by atoms with Gasteiger partial charge in [-0.05, 0) is 81.2 Å². The number of nitrogens with zero attached hydrogens (tertiary/aromatic N) is 6. The van der Waals surface area contributed by atoms with Gasteiger partial charge in [0.25, 0.3) is 11.8 Å². The second-order valence-corrected chi connectivity index (χ2v) is 16.2. The van der Waals surface area contributed by atoms with Crippen LogP contribution in [0.4, 0.5) is 27.3 Å². The first-order valence-electron chi connectivity index (χ1n) is 20.9. The predicted octanol–water partition coefficient (Wildman–Crippen LogP) is 4.18. The summed E-state index contributed by atoms with van der Waals surface area (Å²) in [4.78, 5) is 92.8. The van der Waals surface area contributed by atoms with Crippen LogP contribution in [0.1, 0.15) is 52.8 Å². The van der Waals surface area contributed by atoms with E-state index in [1.165, 1.54) is 30.6 Å². The number of benzene rings is 3. The minimum Gasteiger partial charge on any atom is -0.491 e. The molecule has 1 atom stereocenters. The number of hydrogen-bond acceptors (Lipinski definition) is 13. The lowest BCUT2D eigenvalue weighted by Gasteiger charge is -2.42. The highest BCUT2D eigenvalue weighted by atomic mass is 35.5. The van der Waals surface area contributed by atoms with E-state index in [-0.39, 0.29) is 41.4 Å². The molecule has 3 aromatic carbocycles.